The number of benzene rings is 3. The van der Waals surface area contributed by atoms with E-state index in [4.69, 9.17) is 21.7 Å². The highest BCUT2D eigenvalue weighted by atomic mass is 32.1. The van der Waals surface area contributed by atoms with Gasteiger partial charge in [-0.3, -0.25) is 0 Å². The number of nitrogens with zero attached hydrogens (tertiary/aromatic N) is 2. The van der Waals surface area contributed by atoms with Gasteiger partial charge in [0, 0.05) is 43.2 Å². The van der Waals surface area contributed by atoms with E-state index < -0.39 is 0 Å². The van der Waals surface area contributed by atoms with Crippen LogP contribution in [0.3, 0.4) is 0 Å². The van der Waals surface area contributed by atoms with Crippen LogP contribution in [0.1, 0.15) is 16.7 Å². The number of hydrogen-bond donors (Lipinski definition) is 0. The average molecular weight is 457 g/mol. The predicted octanol–water partition coefficient (Wildman–Crippen LogP) is 5.47. The van der Waals surface area contributed by atoms with Crippen LogP contribution in [0, 0.1) is 0 Å². The van der Waals surface area contributed by atoms with Crippen LogP contribution in [0.5, 0.6) is 5.75 Å². The minimum absolute atomic E-state index is 0.573. The molecule has 3 aromatic carbocycles. The van der Waals surface area contributed by atoms with Crippen LogP contribution in [-0.2, 0) is 24.3 Å². The molecule has 2 heterocycles. The van der Waals surface area contributed by atoms with E-state index in [-0.39, 0.29) is 0 Å². The Morgan fingerprint density at radius 3 is 2.52 bits per heavy atom. The summed E-state index contributed by atoms with van der Waals surface area (Å²) < 4.78 is 13.8. The van der Waals surface area contributed by atoms with Crippen LogP contribution >= 0.6 is 12.2 Å². The molecule has 0 bridgehead atoms. The van der Waals surface area contributed by atoms with Gasteiger partial charge in [-0.25, -0.2) is 0 Å². The van der Waals surface area contributed by atoms with Crippen LogP contribution in [0.2, 0.25) is 0 Å². The zero-order chi connectivity index (χ0) is 22.5. The van der Waals surface area contributed by atoms with E-state index in [9.17, 15) is 0 Å². The van der Waals surface area contributed by atoms with E-state index >= 15 is 0 Å². The zero-order valence-corrected chi connectivity index (χ0v) is 19.5. The maximum atomic E-state index is 6.02. The molecule has 5 rings (SSSR count). The predicted molar refractivity (Wildman–Crippen MR) is 137 cm³/mol. The molecule has 1 aliphatic heterocycles. The van der Waals surface area contributed by atoms with Gasteiger partial charge in [0.15, 0.2) is 0 Å². The van der Waals surface area contributed by atoms with Gasteiger partial charge in [0.05, 0.1) is 18.2 Å². The van der Waals surface area contributed by atoms with Gasteiger partial charge in [-0.1, -0.05) is 66.8 Å². The fourth-order valence-corrected chi connectivity index (χ4v) is 4.68. The lowest BCUT2D eigenvalue weighted by molar-refractivity contribution is 0.0685. The molecule has 0 unspecified atom stereocenters. The van der Waals surface area contributed by atoms with E-state index in [1.165, 1.54) is 27.6 Å². The third kappa shape index (κ3) is 5.27. The second kappa shape index (κ2) is 10.2. The molecule has 1 aliphatic rings. The van der Waals surface area contributed by atoms with Crippen molar-refractivity contribution >= 4 is 28.1 Å². The Balaban J connectivity index is 1.29. The first-order valence-electron chi connectivity index (χ1n) is 11.4. The molecule has 4 nitrogen and oxygen atoms in total. The summed E-state index contributed by atoms with van der Waals surface area (Å²) in [5.74, 6) is 0.893. The third-order valence-electron chi connectivity index (χ3n) is 6.11. The number of rotatable bonds is 7. The van der Waals surface area contributed by atoms with E-state index in [0.29, 0.717) is 6.61 Å². The van der Waals surface area contributed by atoms with Crippen molar-refractivity contribution in [3.05, 3.63) is 102 Å². The monoisotopic (exact) mass is 456 g/mol. The molecule has 1 aromatic heterocycles. The second-order valence-electron chi connectivity index (χ2n) is 8.39. The summed E-state index contributed by atoms with van der Waals surface area (Å²) in [6, 6.07) is 27.3. The summed E-state index contributed by atoms with van der Waals surface area (Å²) in [4.78, 5) is 3.28. The number of ether oxygens (including phenoxy) is 2. The fraction of sp³-hybridized carbons (Fsp3) is 0.250. The third-order valence-corrected chi connectivity index (χ3v) is 6.51. The summed E-state index contributed by atoms with van der Waals surface area (Å²) in [6.45, 7) is 4.66. The van der Waals surface area contributed by atoms with E-state index in [1.54, 1.807) is 0 Å². The molecule has 0 N–H and O–H groups in total. The molecule has 4 aromatic rings. The molecular weight excluding hydrogens is 428 g/mol. The normalized spacial score (nSPS) is 13.9. The highest BCUT2D eigenvalue weighted by Gasteiger charge is 2.15. The molecular formula is C28H28N2O2S. The average Bonchev–Trinajstić information content (AvgIpc) is 3.28. The highest BCUT2D eigenvalue weighted by molar-refractivity contribution is 7.80. The molecule has 1 saturated heterocycles. The lowest BCUT2D eigenvalue weighted by Gasteiger charge is -2.29. The number of hydrogen-bond acceptors (Lipinski definition) is 3. The number of aromatic nitrogens is 1. The Kier molecular flexibility index (Phi) is 6.70. The Hall–Kier alpha value is -3.15. The van der Waals surface area contributed by atoms with Crippen LogP contribution in [0.25, 0.3) is 10.9 Å². The van der Waals surface area contributed by atoms with Gasteiger partial charge in [0.25, 0.3) is 0 Å². The van der Waals surface area contributed by atoms with Gasteiger partial charge >= 0.3 is 0 Å². The van der Waals surface area contributed by atoms with Crippen LogP contribution in [-0.4, -0.2) is 40.8 Å². The molecule has 168 valence electrons. The molecule has 33 heavy (non-hydrogen) atoms. The minimum atomic E-state index is 0.573. The summed E-state index contributed by atoms with van der Waals surface area (Å²) >= 11 is 5.75. The van der Waals surface area contributed by atoms with Crippen molar-refractivity contribution in [3.63, 3.8) is 0 Å². The molecule has 0 radical (unpaired) electrons. The van der Waals surface area contributed by atoms with Crippen molar-refractivity contribution in [1.29, 1.82) is 0 Å². The number of fused-ring (bicyclic) bond motifs is 1. The molecule has 0 atom stereocenters. The van der Waals surface area contributed by atoms with E-state index in [0.717, 1.165) is 50.0 Å². The first-order chi connectivity index (χ1) is 16.3. The van der Waals surface area contributed by atoms with Crippen LogP contribution in [0.4, 0.5) is 0 Å². The van der Waals surface area contributed by atoms with Crippen molar-refractivity contribution < 1.29 is 9.47 Å². The van der Waals surface area contributed by atoms with E-state index in [2.05, 4.69) is 70.3 Å². The SMILES string of the molecule is S=C(Cc1cccc2c1ccn2Cc1cccc(OCc2ccccc2)c1)N1CCOCC1. The van der Waals surface area contributed by atoms with Crippen molar-refractivity contribution in [2.24, 2.45) is 0 Å². The summed E-state index contributed by atoms with van der Waals surface area (Å²) in [5.41, 5.74) is 4.89. The fourth-order valence-electron chi connectivity index (χ4n) is 4.34. The van der Waals surface area contributed by atoms with Crippen molar-refractivity contribution in [1.82, 2.24) is 9.47 Å². The molecule has 1 fully saturated rings. The maximum Gasteiger partial charge on any atom is 0.120 e. The Morgan fingerprint density at radius 2 is 1.67 bits per heavy atom. The van der Waals surface area contributed by atoms with Crippen molar-refractivity contribution in [3.8, 4) is 5.75 Å². The van der Waals surface area contributed by atoms with Crippen molar-refractivity contribution in [2.75, 3.05) is 26.3 Å². The zero-order valence-electron chi connectivity index (χ0n) is 18.7. The second-order valence-corrected chi connectivity index (χ2v) is 8.86. The summed E-state index contributed by atoms with van der Waals surface area (Å²) in [6.07, 6.45) is 2.96. The van der Waals surface area contributed by atoms with Crippen LogP contribution in [0.15, 0.2) is 85.1 Å². The number of thiocarbonyl (C=S) groups is 1. The first kappa shape index (κ1) is 21.7. The lowest BCUT2D eigenvalue weighted by atomic mass is 10.1. The smallest absolute Gasteiger partial charge is 0.120 e. The minimum Gasteiger partial charge on any atom is -0.489 e. The summed E-state index contributed by atoms with van der Waals surface area (Å²) in [5, 5.41) is 1.27. The topological polar surface area (TPSA) is 26.6 Å². The van der Waals surface area contributed by atoms with Gasteiger partial charge < -0.3 is 18.9 Å². The van der Waals surface area contributed by atoms with Crippen LogP contribution < -0.4 is 4.74 Å². The number of morpholine rings is 1. The molecule has 0 spiro atoms. The standard InChI is InChI=1S/C28H28N2O2S/c33-28(29-14-16-31-17-15-29)19-24-9-5-11-27-26(24)12-13-30(27)20-23-8-4-10-25(18-23)32-21-22-6-2-1-3-7-22/h1-13,18H,14-17,19-21H2. The van der Waals surface area contributed by atoms with E-state index in [1.807, 2.05) is 24.3 Å². The van der Waals surface area contributed by atoms with Gasteiger partial charge in [-0.05, 0) is 41.0 Å². The summed E-state index contributed by atoms with van der Waals surface area (Å²) in [7, 11) is 0. The lowest BCUT2D eigenvalue weighted by Crippen LogP contribution is -2.40. The van der Waals surface area contributed by atoms with Crippen molar-refractivity contribution in [2.45, 2.75) is 19.6 Å². The van der Waals surface area contributed by atoms with Gasteiger partial charge in [0.1, 0.15) is 12.4 Å². The largest absolute Gasteiger partial charge is 0.489 e. The Morgan fingerprint density at radius 1 is 0.879 bits per heavy atom. The van der Waals surface area contributed by atoms with Gasteiger partial charge in [0.2, 0.25) is 0 Å². The molecule has 0 amide bonds. The van der Waals surface area contributed by atoms with Gasteiger partial charge in [-0.15, -0.1) is 0 Å². The maximum absolute atomic E-state index is 6.02. The molecule has 0 saturated carbocycles. The first-order valence-corrected chi connectivity index (χ1v) is 11.8. The quantitative estimate of drug-likeness (QED) is 0.345. The Labute approximate surface area is 200 Å². The highest BCUT2D eigenvalue weighted by Crippen LogP contribution is 2.24. The molecule has 0 aliphatic carbocycles. The van der Waals surface area contributed by atoms with Gasteiger partial charge in [-0.2, -0.15) is 0 Å². The Bertz CT molecular complexity index is 1230. The molecule has 5 heteroatoms.